The Balaban J connectivity index is 1.41. The third-order valence-electron chi connectivity index (χ3n) is 5.32. The van der Waals surface area contributed by atoms with Crippen molar-refractivity contribution in [3.8, 4) is 0 Å². The molecule has 0 radical (unpaired) electrons. The molecule has 2 saturated heterocycles. The number of cyclic esters (lactones) is 1. The van der Waals surface area contributed by atoms with Crippen LogP contribution in [0.5, 0.6) is 0 Å². The van der Waals surface area contributed by atoms with Crippen LogP contribution in [0, 0.1) is 0 Å². The summed E-state index contributed by atoms with van der Waals surface area (Å²) in [5.41, 5.74) is -0.189. The molecule has 0 bridgehead atoms. The van der Waals surface area contributed by atoms with E-state index in [4.69, 9.17) is 9.47 Å². The summed E-state index contributed by atoms with van der Waals surface area (Å²) >= 11 is 0. The van der Waals surface area contributed by atoms with Crippen molar-refractivity contribution < 1.29 is 40.7 Å². The van der Waals surface area contributed by atoms with E-state index in [0.717, 1.165) is 12.1 Å². The van der Waals surface area contributed by atoms with E-state index in [1.165, 1.54) is 11.0 Å². The van der Waals surface area contributed by atoms with Gasteiger partial charge in [0.1, 0.15) is 12.7 Å². The zero-order valence-corrected chi connectivity index (χ0v) is 18.4. The topological polar surface area (TPSA) is 105 Å². The number of carbonyl (C=O) groups excluding carboxylic acids is 2. The van der Waals surface area contributed by atoms with E-state index in [0.29, 0.717) is 30.6 Å². The highest BCUT2D eigenvalue weighted by molar-refractivity contribution is 7.89. The summed E-state index contributed by atoms with van der Waals surface area (Å²) in [5.74, 6) is -0.181. The number of halogens is 3. The summed E-state index contributed by atoms with van der Waals surface area (Å²) in [6, 6.07) is 10.4. The van der Waals surface area contributed by atoms with Gasteiger partial charge in [-0.1, -0.05) is 12.1 Å². The van der Waals surface area contributed by atoms with Crippen LogP contribution < -0.4 is 14.5 Å². The molecule has 4 rings (SSSR count). The lowest BCUT2D eigenvalue weighted by atomic mass is 10.2. The summed E-state index contributed by atoms with van der Waals surface area (Å²) < 4.78 is 76.9. The Kier molecular flexibility index (Phi) is 6.51. The minimum Gasteiger partial charge on any atom is -0.443 e. The first-order chi connectivity index (χ1) is 16.1. The van der Waals surface area contributed by atoms with Gasteiger partial charge in [0, 0.05) is 24.5 Å². The molecule has 2 amide bonds. The van der Waals surface area contributed by atoms with Crippen molar-refractivity contribution in [2.75, 3.05) is 42.6 Å². The molecule has 2 fully saturated rings. The molecule has 34 heavy (non-hydrogen) atoms. The van der Waals surface area contributed by atoms with Crippen LogP contribution in [-0.4, -0.2) is 59.4 Å². The summed E-state index contributed by atoms with van der Waals surface area (Å²) in [7, 11) is -4.51. The molecule has 0 aromatic heterocycles. The molecule has 1 atom stereocenters. The molecule has 2 aliphatic heterocycles. The van der Waals surface area contributed by atoms with E-state index in [1.54, 1.807) is 29.2 Å². The molecular weight excluding hydrogens is 479 g/mol. The number of amides is 2. The molecule has 182 valence electrons. The fourth-order valence-electron chi connectivity index (χ4n) is 3.66. The first kappa shape index (κ1) is 24.0. The lowest BCUT2D eigenvalue weighted by Crippen LogP contribution is -2.41. The number of anilines is 2. The molecule has 2 heterocycles. The molecule has 9 nitrogen and oxygen atoms in total. The second-order valence-electron chi connectivity index (χ2n) is 7.58. The molecule has 2 aliphatic rings. The number of nitrogens with zero attached hydrogens (tertiary/aromatic N) is 2. The number of morpholine rings is 1. The zero-order valence-electron chi connectivity index (χ0n) is 17.6. The van der Waals surface area contributed by atoms with E-state index in [2.05, 4.69) is 4.72 Å². The first-order valence-corrected chi connectivity index (χ1v) is 11.7. The quantitative estimate of drug-likeness (QED) is 0.655. The van der Waals surface area contributed by atoms with Gasteiger partial charge in [0.2, 0.25) is 10.0 Å². The molecule has 2 aromatic rings. The fourth-order valence-corrected chi connectivity index (χ4v) is 4.95. The second kappa shape index (κ2) is 9.24. The van der Waals surface area contributed by atoms with Gasteiger partial charge in [-0.25, -0.2) is 17.9 Å². The number of benzene rings is 2. The second-order valence-corrected chi connectivity index (χ2v) is 9.31. The van der Waals surface area contributed by atoms with E-state index in [-0.39, 0.29) is 19.1 Å². The van der Waals surface area contributed by atoms with Crippen LogP contribution in [0.3, 0.4) is 0 Å². The van der Waals surface area contributed by atoms with Gasteiger partial charge in [-0.15, -0.1) is 0 Å². The molecule has 0 saturated carbocycles. The molecule has 0 unspecified atom stereocenters. The van der Waals surface area contributed by atoms with Gasteiger partial charge in [-0.3, -0.25) is 9.69 Å². The van der Waals surface area contributed by atoms with Crippen molar-refractivity contribution in [1.29, 1.82) is 0 Å². The Bertz CT molecular complexity index is 1190. The smallest absolute Gasteiger partial charge is 0.417 e. The number of alkyl halides is 3. The lowest BCUT2D eigenvalue weighted by molar-refractivity contribution is -0.139. The molecule has 0 aliphatic carbocycles. The van der Waals surface area contributed by atoms with Crippen LogP contribution in [0.25, 0.3) is 0 Å². The highest BCUT2D eigenvalue weighted by atomic mass is 32.2. The van der Waals surface area contributed by atoms with Crippen LogP contribution in [-0.2, 0) is 30.5 Å². The van der Waals surface area contributed by atoms with E-state index < -0.39 is 45.4 Å². The standard InChI is InChI=1S/C21H20F3N3O6S/c22-21(23,24)17-3-1-2-4-18(17)34(30,31)25-11-16-12-27(20(29)33-16)15-7-5-14(6-8-15)26-9-10-32-13-19(26)28/h1-8,16,25H,9-13H2/t16-/m0/s1. The van der Waals surface area contributed by atoms with Gasteiger partial charge in [-0.05, 0) is 36.4 Å². The molecular formula is C21H20F3N3O6S. The SMILES string of the molecule is O=C1COCCN1c1ccc(N2C[C@H](CNS(=O)(=O)c3ccccc3C(F)(F)F)OC2=O)cc1. The monoisotopic (exact) mass is 499 g/mol. The molecule has 0 spiro atoms. The Morgan fingerprint density at radius 1 is 1.00 bits per heavy atom. The van der Waals surface area contributed by atoms with E-state index >= 15 is 0 Å². The third-order valence-corrected chi connectivity index (χ3v) is 6.80. The highest BCUT2D eigenvalue weighted by Gasteiger charge is 2.38. The summed E-state index contributed by atoms with van der Waals surface area (Å²) in [4.78, 5) is 26.2. The number of ether oxygens (including phenoxy) is 2. The third kappa shape index (κ3) is 5.00. The van der Waals surface area contributed by atoms with E-state index in [9.17, 15) is 31.2 Å². The Labute approximate surface area is 193 Å². The number of nitrogens with one attached hydrogen (secondary N) is 1. The van der Waals surface area contributed by atoms with Gasteiger partial charge in [0.05, 0.1) is 23.6 Å². The predicted octanol–water partition coefficient (Wildman–Crippen LogP) is 2.37. The first-order valence-electron chi connectivity index (χ1n) is 10.2. The van der Waals surface area contributed by atoms with Crippen molar-refractivity contribution in [2.45, 2.75) is 17.2 Å². The summed E-state index contributed by atoms with van der Waals surface area (Å²) in [6.07, 6.45) is -6.49. The van der Waals surface area contributed by atoms with Crippen molar-refractivity contribution in [1.82, 2.24) is 4.72 Å². The normalized spacial score (nSPS) is 19.4. The molecule has 13 heteroatoms. The van der Waals surface area contributed by atoms with Gasteiger partial charge in [-0.2, -0.15) is 13.2 Å². The van der Waals surface area contributed by atoms with Gasteiger partial charge in [0.15, 0.2) is 0 Å². The highest BCUT2D eigenvalue weighted by Crippen LogP contribution is 2.34. The average Bonchev–Trinajstić information content (AvgIpc) is 3.18. The number of hydrogen-bond donors (Lipinski definition) is 1. The summed E-state index contributed by atoms with van der Waals surface area (Å²) in [6.45, 7) is 0.390. The van der Waals surface area contributed by atoms with Crippen LogP contribution in [0.4, 0.5) is 29.3 Å². The Hall–Kier alpha value is -3.16. The van der Waals surface area contributed by atoms with Crippen molar-refractivity contribution in [3.63, 3.8) is 0 Å². The lowest BCUT2D eigenvalue weighted by Gasteiger charge is -2.27. The fraction of sp³-hybridized carbons (Fsp3) is 0.333. The maximum absolute atomic E-state index is 13.2. The molecule has 2 aromatic carbocycles. The average molecular weight is 499 g/mol. The largest absolute Gasteiger partial charge is 0.443 e. The zero-order chi connectivity index (χ0) is 24.5. The van der Waals surface area contributed by atoms with Crippen LogP contribution in [0.15, 0.2) is 53.4 Å². The maximum Gasteiger partial charge on any atom is 0.417 e. The Morgan fingerprint density at radius 3 is 2.29 bits per heavy atom. The van der Waals surface area contributed by atoms with Crippen molar-refractivity contribution >= 4 is 33.4 Å². The van der Waals surface area contributed by atoms with Crippen molar-refractivity contribution in [2.24, 2.45) is 0 Å². The summed E-state index contributed by atoms with van der Waals surface area (Å²) in [5, 5.41) is 0. The number of carbonyl (C=O) groups is 2. The predicted molar refractivity (Wildman–Crippen MR) is 114 cm³/mol. The van der Waals surface area contributed by atoms with E-state index in [1.807, 2.05) is 0 Å². The van der Waals surface area contributed by atoms with Gasteiger partial charge >= 0.3 is 12.3 Å². The van der Waals surface area contributed by atoms with Gasteiger partial charge in [0.25, 0.3) is 5.91 Å². The minimum atomic E-state index is -4.85. The minimum absolute atomic E-state index is 0.00869. The number of rotatable bonds is 6. The maximum atomic E-state index is 13.2. The van der Waals surface area contributed by atoms with Crippen LogP contribution in [0.1, 0.15) is 5.56 Å². The Morgan fingerprint density at radius 2 is 1.65 bits per heavy atom. The molecule has 1 N–H and O–H groups in total. The van der Waals surface area contributed by atoms with Crippen LogP contribution >= 0.6 is 0 Å². The number of hydrogen-bond acceptors (Lipinski definition) is 6. The van der Waals surface area contributed by atoms with Crippen LogP contribution in [0.2, 0.25) is 0 Å². The van der Waals surface area contributed by atoms with Gasteiger partial charge < -0.3 is 14.4 Å². The van der Waals surface area contributed by atoms with Crippen molar-refractivity contribution in [3.05, 3.63) is 54.1 Å². The number of sulfonamides is 1.